The zero-order valence-corrected chi connectivity index (χ0v) is 12.6. The molecule has 0 aliphatic rings. The first-order valence-corrected chi connectivity index (χ1v) is 7.17. The van der Waals surface area contributed by atoms with E-state index >= 15 is 0 Å². The lowest BCUT2D eigenvalue weighted by atomic mass is 9.98. The number of carbonyl (C=O) groups is 2. The molecule has 0 bridgehead atoms. The number of halogens is 1. The van der Waals surface area contributed by atoms with E-state index in [2.05, 4.69) is 5.32 Å². The first kappa shape index (κ1) is 17.1. The summed E-state index contributed by atoms with van der Waals surface area (Å²) < 4.78 is 13.3. The van der Waals surface area contributed by atoms with Crippen molar-refractivity contribution < 1.29 is 19.1 Å². The zero-order valence-electron chi connectivity index (χ0n) is 12.6. The maximum absolute atomic E-state index is 13.3. The molecule has 1 rings (SSSR count). The van der Waals surface area contributed by atoms with Gasteiger partial charge in [0.1, 0.15) is 5.82 Å². The van der Waals surface area contributed by atoms with Gasteiger partial charge < -0.3 is 10.4 Å². The number of amides is 1. The lowest BCUT2D eigenvalue weighted by molar-refractivity contribution is -0.142. The minimum Gasteiger partial charge on any atom is -0.479 e. The number of aryl methyl sites for hydroxylation is 1. The molecule has 2 N–H and O–H groups in total. The van der Waals surface area contributed by atoms with Crippen molar-refractivity contribution in [1.82, 2.24) is 5.32 Å². The smallest absolute Gasteiger partial charge is 0.330 e. The van der Waals surface area contributed by atoms with Crippen molar-refractivity contribution in [1.29, 1.82) is 0 Å². The second kappa shape index (κ2) is 7.76. The minimum absolute atomic E-state index is 0.245. The molecule has 5 heteroatoms. The third kappa shape index (κ3) is 4.85. The number of carboxylic acid groups (broad SMARTS) is 1. The van der Waals surface area contributed by atoms with Crippen molar-refractivity contribution >= 4 is 11.9 Å². The SMILES string of the molecule is CCC(CC)CC(=O)NC(C(=O)O)c1ccc(F)c(C)c1. The lowest BCUT2D eigenvalue weighted by Crippen LogP contribution is -2.34. The number of hydrogen-bond donors (Lipinski definition) is 2. The summed E-state index contributed by atoms with van der Waals surface area (Å²) >= 11 is 0. The van der Waals surface area contributed by atoms with Gasteiger partial charge in [-0.15, -0.1) is 0 Å². The molecule has 0 aliphatic heterocycles. The molecule has 4 nitrogen and oxygen atoms in total. The van der Waals surface area contributed by atoms with Gasteiger partial charge in [-0.2, -0.15) is 0 Å². The van der Waals surface area contributed by atoms with Crippen molar-refractivity contribution in [3.05, 3.63) is 35.1 Å². The van der Waals surface area contributed by atoms with Crippen LogP contribution in [0.3, 0.4) is 0 Å². The van der Waals surface area contributed by atoms with Crippen LogP contribution in [-0.4, -0.2) is 17.0 Å². The van der Waals surface area contributed by atoms with Gasteiger partial charge in [0.2, 0.25) is 5.91 Å². The van der Waals surface area contributed by atoms with Crippen molar-refractivity contribution in [3.63, 3.8) is 0 Å². The number of rotatable bonds is 7. The fourth-order valence-corrected chi connectivity index (χ4v) is 2.19. The van der Waals surface area contributed by atoms with E-state index < -0.39 is 17.8 Å². The average Bonchev–Trinajstić information content (AvgIpc) is 2.45. The van der Waals surface area contributed by atoms with Gasteiger partial charge in [0.05, 0.1) is 0 Å². The summed E-state index contributed by atoms with van der Waals surface area (Å²) in [6.07, 6.45) is 2.05. The number of nitrogens with one attached hydrogen (secondary N) is 1. The summed E-state index contributed by atoms with van der Waals surface area (Å²) in [4.78, 5) is 23.3. The summed E-state index contributed by atoms with van der Waals surface area (Å²) in [5.74, 6) is -1.60. The summed E-state index contributed by atoms with van der Waals surface area (Å²) in [6.45, 7) is 5.56. The van der Waals surface area contributed by atoms with Gasteiger partial charge >= 0.3 is 5.97 Å². The van der Waals surface area contributed by atoms with Gasteiger partial charge in [0.15, 0.2) is 6.04 Å². The highest BCUT2D eigenvalue weighted by atomic mass is 19.1. The molecule has 21 heavy (non-hydrogen) atoms. The van der Waals surface area contributed by atoms with Gasteiger partial charge in [-0.25, -0.2) is 9.18 Å². The highest BCUT2D eigenvalue weighted by molar-refractivity contribution is 5.84. The zero-order chi connectivity index (χ0) is 16.0. The second-order valence-corrected chi connectivity index (χ2v) is 5.23. The van der Waals surface area contributed by atoms with Crippen LogP contribution < -0.4 is 5.32 Å². The van der Waals surface area contributed by atoms with Crippen LogP contribution in [0.4, 0.5) is 4.39 Å². The van der Waals surface area contributed by atoms with Crippen molar-refractivity contribution in [2.75, 3.05) is 0 Å². The summed E-state index contributed by atoms with van der Waals surface area (Å²) in [6, 6.07) is 2.91. The molecule has 0 saturated heterocycles. The van der Waals surface area contributed by atoms with E-state index in [1.807, 2.05) is 13.8 Å². The molecular weight excluding hydrogens is 273 g/mol. The molecule has 0 spiro atoms. The van der Waals surface area contributed by atoms with E-state index in [1.54, 1.807) is 6.92 Å². The predicted octanol–water partition coefficient (Wildman–Crippen LogP) is 3.20. The average molecular weight is 295 g/mol. The van der Waals surface area contributed by atoms with Crippen LogP contribution in [0.1, 0.15) is 50.3 Å². The number of carboxylic acids is 1. The van der Waals surface area contributed by atoms with Crippen molar-refractivity contribution in [2.45, 2.75) is 46.1 Å². The first-order valence-electron chi connectivity index (χ1n) is 7.17. The lowest BCUT2D eigenvalue weighted by Gasteiger charge is -2.18. The van der Waals surface area contributed by atoms with Gasteiger partial charge in [0, 0.05) is 6.42 Å². The van der Waals surface area contributed by atoms with Crippen LogP contribution in [0.2, 0.25) is 0 Å². The highest BCUT2D eigenvalue weighted by Gasteiger charge is 2.23. The number of hydrogen-bond acceptors (Lipinski definition) is 2. The number of aliphatic carboxylic acids is 1. The predicted molar refractivity (Wildman–Crippen MR) is 78.3 cm³/mol. The van der Waals surface area contributed by atoms with Crippen LogP contribution in [0.5, 0.6) is 0 Å². The molecule has 0 aliphatic carbocycles. The highest BCUT2D eigenvalue weighted by Crippen LogP contribution is 2.19. The fourth-order valence-electron chi connectivity index (χ4n) is 2.19. The number of carbonyl (C=O) groups excluding carboxylic acids is 1. The third-order valence-electron chi connectivity index (χ3n) is 3.70. The maximum atomic E-state index is 13.3. The summed E-state index contributed by atoms with van der Waals surface area (Å²) in [5.41, 5.74) is 0.729. The van der Waals surface area contributed by atoms with Crippen LogP contribution in [0, 0.1) is 18.7 Å². The molecule has 0 aromatic heterocycles. The Balaban J connectivity index is 2.85. The molecule has 0 heterocycles. The van der Waals surface area contributed by atoms with E-state index in [1.165, 1.54) is 18.2 Å². The molecule has 0 radical (unpaired) electrons. The normalized spacial score (nSPS) is 12.2. The topological polar surface area (TPSA) is 66.4 Å². The largest absolute Gasteiger partial charge is 0.479 e. The van der Waals surface area contributed by atoms with Crippen LogP contribution in [-0.2, 0) is 9.59 Å². The third-order valence-corrected chi connectivity index (χ3v) is 3.70. The Morgan fingerprint density at radius 2 is 1.90 bits per heavy atom. The Hall–Kier alpha value is -1.91. The monoisotopic (exact) mass is 295 g/mol. The molecule has 116 valence electrons. The Kier molecular flexibility index (Phi) is 6.34. The van der Waals surface area contributed by atoms with Crippen molar-refractivity contribution in [2.24, 2.45) is 5.92 Å². The van der Waals surface area contributed by atoms with Crippen LogP contribution in [0.25, 0.3) is 0 Å². The molecule has 1 unspecified atom stereocenters. The first-order chi connectivity index (χ1) is 9.88. The Morgan fingerprint density at radius 3 is 2.38 bits per heavy atom. The van der Waals surface area contributed by atoms with Gasteiger partial charge in [-0.3, -0.25) is 4.79 Å². The molecule has 1 atom stereocenters. The quantitative estimate of drug-likeness (QED) is 0.811. The molecular formula is C16H22FNO3. The fraction of sp³-hybridized carbons (Fsp3) is 0.500. The number of benzene rings is 1. The van der Waals surface area contributed by atoms with Gasteiger partial charge in [-0.1, -0.05) is 38.8 Å². The summed E-state index contributed by atoms with van der Waals surface area (Å²) in [7, 11) is 0. The van der Waals surface area contributed by atoms with E-state index in [4.69, 9.17) is 0 Å². The molecule has 1 aromatic rings. The Morgan fingerprint density at radius 1 is 1.29 bits per heavy atom. The molecule has 0 saturated carbocycles. The Labute approximate surface area is 124 Å². The summed E-state index contributed by atoms with van der Waals surface area (Å²) in [5, 5.41) is 11.8. The van der Waals surface area contributed by atoms with E-state index in [-0.39, 0.29) is 11.8 Å². The minimum atomic E-state index is -1.15. The molecule has 0 fully saturated rings. The van der Waals surface area contributed by atoms with Gasteiger partial charge in [0.25, 0.3) is 0 Å². The maximum Gasteiger partial charge on any atom is 0.330 e. The van der Waals surface area contributed by atoms with Crippen LogP contribution in [0.15, 0.2) is 18.2 Å². The second-order valence-electron chi connectivity index (χ2n) is 5.23. The molecule has 1 amide bonds. The van der Waals surface area contributed by atoms with E-state index in [0.29, 0.717) is 17.5 Å². The molecule has 1 aromatic carbocycles. The van der Waals surface area contributed by atoms with E-state index in [0.717, 1.165) is 12.8 Å². The standard InChI is InChI=1S/C16H22FNO3/c1-4-11(5-2)9-14(19)18-15(16(20)21)12-6-7-13(17)10(3)8-12/h6-8,11,15H,4-5,9H2,1-3H3,(H,18,19)(H,20,21). The Bertz CT molecular complexity index is 512. The van der Waals surface area contributed by atoms with Gasteiger partial charge in [-0.05, 0) is 30.0 Å². The van der Waals surface area contributed by atoms with Crippen molar-refractivity contribution in [3.8, 4) is 0 Å². The van der Waals surface area contributed by atoms with E-state index in [9.17, 15) is 19.1 Å². The van der Waals surface area contributed by atoms with Crippen LogP contribution >= 0.6 is 0 Å².